The molecular formula is C26H27N4O6P. The lowest BCUT2D eigenvalue weighted by Crippen LogP contribution is -2.36. The van der Waals surface area contributed by atoms with E-state index in [0.717, 1.165) is 15.5 Å². The number of benzene rings is 2. The van der Waals surface area contributed by atoms with Crippen molar-refractivity contribution in [3.8, 4) is 5.88 Å². The van der Waals surface area contributed by atoms with Crippen LogP contribution in [0.3, 0.4) is 0 Å². The van der Waals surface area contributed by atoms with Crippen molar-refractivity contribution in [2.75, 3.05) is 31.3 Å². The standard InChI is InChI=1S/C26H27N4O6P/c1-36-22-15-21-16-27-30(25(31)20-7-6-18-4-2-3-5-19(18)14-20)26(32)23(21)24(28-22)29-11-8-17(9-12-29)10-13-37(33,34)35/h2-7,14-17H,8-13H2,1H3,(H2,33,34,35). The van der Waals surface area contributed by atoms with Gasteiger partial charge in [0.2, 0.25) is 5.88 Å². The smallest absolute Gasteiger partial charge is 0.325 e. The van der Waals surface area contributed by atoms with E-state index in [2.05, 4.69) is 10.1 Å². The summed E-state index contributed by atoms with van der Waals surface area (Å²) in [5.74, 6) is 0.380. The molecule has 0 aliphatic carbocycles. The molecule has 1 aliphatic heterocycles. The van der Waals surface area contributed by atoms with E-state index in [1.165, 1.54) is 13.3 Å². The Morgan fingerprint density at radius 3 is 2.51 bits per heavy atom. The summed E-state index contributed by atoms with van der Waals surface area (Å²) < 4.78 is 17.5. The van der Waals surface area contributed by atoms with E-state index in [4.69, 9.17) is 4.74 Å². The molecule has 4 aromatic rings. The molecule has 5 rings (SSSR count). The Morgan fingerprint density at radius 2 is 1.81 bits per heavy atom. The van der Waals surface area contributed by atoms with Gasteiger partial charge >= 0.3 is 7.60 Å². The molecule has 11 heteroatoms. The fraction of sp³-hybridized carbons (Fsp3) is 0.308. The van der Waals surface area contributed by atoms with E-state index in [0.29, 0.717) is 55.0 Å². The molecule has 1 saturated heterocycles. The number of ether oxygens (including phenoxy) is 1. The SMILES string of the molecule is COc1cc2cnn(C(=O)c3ccc4ccccc4c3)c(=O)c2c(N2CCC(CCP(=O)(O)O)CC2)n1. The van der Waals surface area contributed by atoms with Gasteiger partial charge in [-0.1, -0.05) is 30.3 Å². The van der Waals surface area contributed by atoms with Gasteiger partial charge in [0.15, 0.2) is 0 Å². The van der Waals surface area contributed by atoms with Crippen LogP contribution in [0.5, 0.6) is 5.88 Å². The molecule has 0 atom stereocenters. The van der Waals surface area contributed by atoms with E-state index in [-0.39, 0.29) is 17.5 Å². The van der Waals surface area contributed by atoms with Crippen molar-refractivity contribution in [3.63, 3.8) is 0 Å². The molecule has 1 aliphatic rings. The zero-order chi connectivity index (χ0) is 26.2. The lowest BCUT2D eigenvalue weighted by Gasteiger charge is -2.33. The van der Waals surface area contributed by atoms with Gasteiger partial charge in [-0.15, -0.1) is 0 Å². The summed E-state index contributed by atoms with van der Waals surface area (Å²) in [6.45, 7) is 1.11. The van der Waals surface area contributed by atoms with Gasteiger partial charge in [0, 0.05) is 30.1 Å². The zero-order valence-corrected chi connectivity index (χ0v) is 21.2. The van der Waals surface area contributed by atoms with Crippen LogP contribution in [0, 0.1) is 5.92 Å². The normalized spacial score (nSPS) is 14.8. The van der Waals surface area contributed by atoms with Crippen molar-refractivity contribution >= 4 is 40.9 Å². The Bertz CT molecular complexity index is 1590. The molecule has 2 aromatic carbocycles. The van der Waals surface area contributed by atoms with Crippen molar-refractivity contribution in [1.29, 1.82) is 0 Å². The first-order valence-corrected chi connectivity index (χ1v) is 13.8. The molecule has 0 unspecified atom stereocenters. The monoisotopic (exact) mass is 522 g/mol. The maximum absolute atomic E-state index is 13.6. The quantitative estimate of drug-likeness (QED) is 0.365. The van der Waals surface area contributed by atoms with Gasteiger partial charge in [0.05, 0.1) is 24.9 Å². The number of anilines is 1. The number of nitrogens with zero attached hydrogens (tertiary/aromatic N) is 4. The van der Waals surface area contributed by atoms with Crippen LogP contribution in [0.4, 0.5) is 5.82 Å². The highest BCUT2D eigenvalue weighted by molar-refractivity contribution is 7.51. The molecule has 0 spiro atoms. The summed E-state index contributed by atoms with van der Waals surface area (Å²) in [7, 11) is -2.54. The Balaban J connectivity index is 1.50. The number of aromatic nitrogens is 3. The second-order valence-corrected chi connectivity index (χ2v) is 11.1. The third kappa shape index (κ3) is 5.27. The Hall–Kier alpha value is -3.59. The number of carbonyl (C=O) groups excluding carboxylic acids is 1. The second-order valence-electron chi connectivity index (χ2n) is 9.29. The highest BCUT2D eigenvalue weighted by Gasteiger charge is 2.26. The van der Waals surface area contributed by atoms with Gasteiger partial charge in [-0.25, -0.2) is 0 Å². The lowest BCUT2D eigenvalue weighted by molar-refractivity contribution is 0.0940. The van der Waals surface area contributed by atoms with Crippen molar-refractivity contribution < 1.29 is 23.9 Å². The van der Waals surface area contributed by atoms with Gasteiger partial charge in [-0.3, -0.25) is 14.2 Å². The van der Waals surface area contributed by atoms with Crippen LogP contribution in [-0.4, -0.2) is 56.8 Å². The number of carbonyl (C=O) groups is 1. The molecular weight excluding hydrogens is 495 g/mol. The predicted molar refractivity (Wildman–Crippen MR) is 140 cm³/mol. The summed E-state index contributed by atoms with van der Waals surface area (Å²) in [5.41, 5.74) is -0.217. The maximum Gasteiger partial charge on any atom is 0.325 e. The average Bonchev–Trinajstić information content (AvgIpc) is 2.90. The number of rotatable bonds is 6. The number of fused-ring (bicyclic) bond motifs is 2. The molecule has 0 bridgehead atoms. The van der Waals surface area contributed by atoms with Crippen molar-refractivity contribution in [2.24, 2.45) is 5.92 Å². The molecule has 2 N–H and O–H groups in total. The van der Waals surface area contributed by atoms with Gasteiger partial charge in [0.1, 0.15) is 5.82 Å². The summed E-state index contributed by atoms with van der Waals surface area (Å²) in [6, 6.07) is 14.5. The molecule has 3 heterocycles. The van der Waals surface area contributed by atoms with Gasteiger partial charge in [-0.2, -0.15) is 14.8 Å². The first kappa shape index (κ1) is 25.1. The minimum atomic E-state index is -4.04. The number of hydrogen-bond acceptors (Lipinski definition) is 7. The Labute approximate surface area is 212 Å². The highest BCUT2D eigenvalue weighted by Crippen LogP contribution is 2.38. The second kappa shape index (κ2) is 10.0. The van der Waals surface area contributed by atoms with Crippen LogP contribution in [0.25, 0.3) is 21.5 Å². The minimum absolute atomic E-state index is 0.134. The van der Waals surface area contributed by atoms with Crippen LogP contribution in [-0.2, 0) is 4.57 Å². The summed E-state index contributed by atoms with van der Waals surface area (Å²) >= 11 is 0. The predicted octanol–water partition coefficient (Wildman–Crippen LogP) is 3.43. The van der Waals surface area contributed by atoms with Gasteiger partial charge in [0.25, 0.3) is 11.5 Å². The number of hydrogen-bond donors (Lipinski definition) is 2. The van der Waals surface area contributed by atoms with Gasteiger partial charge < -0.3 is 19.4 Å². The molecule has 1 fully saturated rings. The van der Waals surface area contributed by atoms with Crippen LogP contribution in [0.2, 0.25) is 0 Å². The largest absolute Gasteiger partial charge is 0.481 e. The van der Waals surface area contributed by atoms with E-state index >= 15 is 0 Å². The first-order chi connectivity index (χ1) is 17.7. The fourth-order valence-corrected chi connectivity index (χ4v) is 5.53. The molecule has 2 aromatic heterocycles. The Morgan fingerprint density at radius 1 is 1.08 bits per heavy atom. The summed E-state index contributed by atoms with van der Waals surface area (Å²) in [4.78, 5) is 51.9. The third-order valence-electron chi connectivity index (χ3n) is 6.87. The number of pyridine rings is 1. The molecule has 37 heavy (non-hydrogen) atoms. The first-order valence-electron chi connectivity index (χ1n) is 12.0. The average molecular weight is 522 g/mol. The van der Waals surface area contributed by atoms with E-state index in [9.17, 15) is 23.9 Å². The van der Waals surface area contributed by atoms with Crippen molar-refractivity contribution in [3.05, 3.63) is 70.6 Å². The number of methoxy groups -OCH3 is 1. The summed E-state index contributed by atoms with van der Waals surface area (Å²) in [6.07, 6.45) is 3.19. The zero-order valence-electron chi connectivity index (χ0n) is 20.3. The molecule has 0 saturated carbocycles. The Kier molecular flexibility index (Phi) is 6.81. The van der Waals surface area contributed by atoms with Crippen molar-refractivity contribution in [1.82, 2.24) is 14.8 Å². The van der Waals surface area contributed by atoms with E-state index in [1.807, 2.05) is 35.2 Å². The van der Waals surface area contributed by atoms with Crippen LogP contribution >= 0.6 is 7.60 Å². The van der Waals surface area contributed by atoms with Crippen molar-refractivity contribution in [2.45, 2.75) is 19.3 Å². The molecule has 0 amide bonds. The summed E-state index contributed by atoms with van der Waals surface area (Å²) in [5, 5.41) is 6.82. The van der Waals surface area contributed by atoms with Crippen LogP contribution < -0.4 is 15.2 Å². The maximum atomic E-state index is 13.6. The lowest BCUT2D eigenvalue weighted by atomic mass is 9.94. The third-order valence-corrected chi connectivity index (χ3v) is 7.71. The van der Waals surface area contributed by atoms with Crippen LogP contribution in [0.15, 0.2) is 59.5 Å². The topological polar surface area (TPSA) is 135 Å². The van der Waals surface area contributed by atoms with E-state index < -0.39 is 19.1 Å². The number of piperidine rings is 1. The fourth-order valence-electron chi connectivity index (χ4n) is 4.83. The van der Waals surface area contributed by atoms with Gasteiger partial charge in [-0.05, 0) is 48.1 Å². The van der Waals surface area contributed by atoms with Crippen LogP contribution in [0.1, 0.15) is 29.6 Å². The highest BCUT2D eigenvalue weighted by atomic mass is 31.2. The molecule has 10 nitrogen and oxygen atoms in total. The molecule has 192 valence electrons. The molecule has 0 radical (unpaired) electrons. The van der Waals surface area contributed by atoms with E-state index in [1.54, 1.807) is 18.2 Å². The minimum Gasteiger partial charge on any atom is -0.481 e.